The zero-order chi connectivity index (χ0) is 11.2. The van der Waals surface area contributed by atoms with Gasteiger partial charge in [0.05, 0.1) is 5.02 Å². The Kier molecular flexibility index (Phi) is 2.40. The highest BCUT2D eigenvalue weighted by Crippen LogP contribution is 2.36. The van der Waals surface area contributed by atoms with E-state index in [1.54, 1.807) is 13.0 Å². The molecule has 0 unspecified atom stereocenters. The van der Waals surface area contributed by atoms with Crippen LogP contribution in [0.3, 0.4) is 0 Å². The van der Waals surface area contributed by atoms with Crippen molar-refractivity contribution in [3.05, 3.63) is 33.4 Å². The summed E-state index contributed by atoms with van der Waals surface area (Å²) in [6.07, 6.45) is 0. The smallest absolute Gasteiger partial charge is 0.347 e. The van der Waals surface area contributed by atoms with Crippen LogP contribution < -0.4 is 0 Å². The third-order valence-electron chi connectivity index (χ3n) is 2.10. The molecule has 0 aliphatic carbocycles. The maximum absolute atomic E-state index is 13.2. The molecule has 5 heteroatoms. The first kappa shape index (κ1) is 10.4. The van der Waals surface area contributed by atoms with Gasteiger partial charge in [0.25, 0.3) is 0 Å². The lowest BCUT2D eigenvalue weighted by atomic mass is 10.2. The molecule has 2 nitrogen and oxygen atoms in total. The Morgan fingerprint density at radius 1 is 1.53 bits per heavy atom. The summed E-state index contributed by atoms with van der Waals surface area (Å²) in [5.74, 6) is -1.43. The fourth-order valence-electron chi connectivity index (χ4n) is 1.33. The summed E-state index contributed by atoms with van der Waals surface area (Å²) in [6, 6.07) is 2.88. The van der Waals surface area contributed by atoms with E-state index >= 15 is 0 Å². The molecule has 1 N–H and O–H groups in total. The predicted octanol–water partition coefficient (Wildman–Crippen LogP) is 3.70. The van der Waals surface area contributed by atoms with Gasteiger partial charge in [-0.05, 0) is 24.6 Å². The van der Waals surface area contributed by atoms with Crippen LogP contribution in [0.2, 0.25) is 5.02 Å². The van der Waals surface area contributed by atoms with Crippen LogP contribution in [0.1, 0.15) is 15.2 Å². The van der Waals surface area contributed by atoms with Crippen LogP contribution in [0.4, 0.5) is 4.39 Å². The minimum absolute atomic E-state index is 0.0525. The van der Waals surface area contributed by atoms with Crippen molar-refractivity contribution >= 4 is 39.0 Å². The molecule has 1 aromatic heterocycles. The SMILES string of the molecule is Cc1cc2c(Cl)c(C(=O)O)sc2cc1F. The number of fused-ring (bicyclic) bond motifs is 1. The number of halogens is 2. The highest BCUT2D eigenvalue weighted by molar-refractivity contribution is 7.21. The quantitative estimate of drug-likeness (QED) is 0.831. The van der Waals surface area contributed by atoms with Gasteiger partial charge in [0, 0.05) is 10.1 Å². The lowest BCUT2D eigenvalue weighted by Crippen LogP contribution is -1.91. The van der Waals surface area contributed by atoms with E-state index in [4.69, 9.17) is 16.7 Å². The highest BCUT2D eigenvalue weighted by Gasteiger charge is 2.17. The number of rotatable bonds is 1. The number of hydrogen-bond acceptors (Lipinski definition) is 2. The maximum atomic E-state index is 13.2. The second kappa shape index (κ2) is 3.47. The fourth-order valence-corrected chi connectivity index (χ4v) is 2.68. The van der Waals surface area contributed by atoms with E-state index in [2.05, 4.69) is 0 Å². The molecule has 1 aromatic carbocycles. The van der Waals surface area contributed by atoms with Gasteiger partial charge in [-0.15, -0.1) is 11.3 Å². The first-order chi connectivity index (χ1) is 7.00. The van der Waals surface area contributed by atoms with Gasteiger partial charge in [0.1, 0.15) is 10.7 Å². The number of hydrogen-bond donors (Lipinski definition) is 1. The van der Waals surface area contributed by atoms with E-state index in [0.29, 0.717) is 15.6 Å². The molecule has 0 saturated heterocycles. The van der Waals surface area contributed by atoms with Crippen LogP contribution in [-0.2, 0) is 0 Å². The van der Waals surface area contributed by atoms with Crippen molar-refractivity contribution in [1.82, 2.24) is 0 Å². The monoisotopic (exact) mass is 244 g/mol. The van der Waals surface area contributed by atoms with E-state index in [-0.39, 0.29) is 15.7 Å². The third kappa shape index (κ3) is 1.60. The average Bonchev–Trinajstić information content (AvgIpc) is 2.46. The summed E-state index contributed by atoms with van der Waals surface area (Å²) in [5.41, 5.74) is 0.458. The van der Waals surface area contributed by atoms with E-state index < -0.39 is 5.97 Å². The van der Waals surface area contributed by atoms with Gasteiger partial charge in [-0.3, -0.25) is 0 Å². The third-order valence-corrected chi connectivity index (χ3v) is 3.75. The number of carboxylic acids is 1. The molecule has 15 heavy (non-hydrogen) atoms. The maximum Gasteiger partial charge on any atom is 0.347 e. The highest BCUT2D eigenvalue weighted by atomic mass is 35.5. The van der Waals surface area contributed by atoms with Gasteiger partial charge in [-0.1, -0.05) is 11.6 Å². The fraction of sp³-hybridized carbons (Fsp3) is 0.100. The summed E-state index contributed by atoms with van der Waals surface area (Å²) >= 11 is 6.87. The molecule has 78 valence electrons. The van der Waals surface area contributed by atoms with Crippen molar-refractivity contribution in [2.24, 2.45) is 0 Å². The predicted molar refractivity (Wildman–Crippen MR) is 58.5 cm³/mol. The van der Waals surface area contributed by atoms with Crippen LogP contribution in [0.5, 0.6) is 0 Å². The van der Waals surface area contributed by atoms with Crippen LogP contribution in [-0.4, -0.2) is 11.1 Å². The minimum Gasteiger partial charge on any atom is -0.477 e. The first-order valence-corrected chi connectivity index (χ1v) is 5.31. The molecule has 0 fully saturated rings. The van der Waals surface area contributed by atoms with Crippen molar-refractivity contribution < 1.29 is 14.3 Å². The molecule has 0 spiro atoms. The second-order valence-electron chi connectivity index (χ2n) is 3.15. The Morgan fingerprint density at radius 3 is 2.80 bits per heavy atom. The van der Waals surface area contributed by atoms with Crippen LogP contribution in [0.15, 0.2) is 12.1 Å². The first-order valence-electron chi connectivity index (χ1n) is 4.12. The van der Waals surface area contributed by atoms with Gasteiger partial charge < -0.3 is 5.11 Å². The molecule has 0 radical (unpaired) electrons. The van der Waals surface area contributed by atoms with E-state index in [1.165, 1.54) is 6.07 Å². The lowest BCUT2D eigenvalue weighted by molar-refractivity contribution is 0.0702. The standard InChI is InChI=1S/C10H6ClFO2S/c1-4-2-5-7(3-6(4)12)15-9(8(5)11)10(13)14/h2-3H,1H3,(H,13,14). The molecule has 2 aromatic rings. The molecular formula is C10H6ClFO2S. The summed E-state index contributed by atoms with van der Waals surface area (Å²) in [7, 11) is 0. The average molecular weight is 245 g/mol. The molecule has 0 amide bonds. The van der Waals surface area contributed by atoms with Crippen molar-refractivity contribution in [2.45, 2.75) is 6.92 Å². The molecule has 0 aliphatic rings. The molecule has 0 atom stereocenters. The molecule has 2 rings (SSSR count). The van der Waals surface area contributed by atoms with E-state index in [1.807, 2.05) is 0 Å². The number of thiophene rings is 1. The second-order valence-corrected chi connectivity index (χ2v) is 4.58. The molecule has 0 aliphatic heterocycles. The minimum atomic E-state index is -1.08. The largest absolute Gasteiger partial charge is 0.477 e. The van der Waals surface area contributed by atoms with Gasteiger partial charge in [-0.25, -0.2) is 9.18 Å². The lowest BCUT2D eigenvalue weighted by Gasteiger charge is -1.95. The Hall–Kier alpha value is -1.13. The topological polar surface area (TPSA) is 37.3 Å². The van der Waals surface area contributed by atoms with Crippen LogP contribution >= 0.6 is 22.9 Å². The molecular weight excluding hydrogens is 239 g/mol. The van der Waals surface area contributed by atoms with E-state index in [0.717, 1.165) is 11.3 Å². The number of benzene rings is 1. The van der Waals surface area contributed by atoms with Crippen LogP contribution in [0.25, 0.3) is 10.1 Å². The Balaban J connectivity index is 2.83. The summed E-state index contributed by atoms with van der Waals surface area (Å²) < 4.78 is 13.8. The number of carboxylic acid groups (broad SMARTS) is 1. The number of carbonyl (C=O) groups is 1. The molecule has 1 heterocycles. The Morgan fingerprint density at radius 2 is 2.20 bits per heavy atom. The molecule has 0 saturated carbocycles. The van der Waals surface area contributed by atoms with Gasteiger partial charge >= 0.3 is 5.97 Å². The number of aromatic carboxylic acids is 1. The van der Waals surface area contributed by atoms with Crippen molar-refractivity contribution in [3.63, 3.8) is 0 Å². The van der Waals surface area contributed by atoms with Gasteiger partial charge in [0.15, 0.2) is 0 Å². The normalized spacial score (nSPS) is 10.9. The summed E-state index contributed by atoms with van der Waals surface area (Å²) in [6.45, 7) is 1.61. The van der Waals surface area contributed by atoms with Gasteiger partial charge in [0.2, 0.25) is 0 Å². The van der Waals surface area contributed by atoms with Crippen molar-refractivity contribution in [3.8, 4) is 0 Å². The van der Waals surface area contributed by atoms with E-state index in [9.17, 15) is 9.18 Å². The van der Waals surface area contributed by atoms with Crippen molar-refractivity contribution in [2.75, 3.05) is 0 Å². The summed E-state index contributed by atoms with van der Waals surface area (Å²) in [5, 5.41) is 9.62. The zero-order valence-electron chi connectivity index (χ0n) is 7.67. The van der Waals surface area contributed by atoms with Gasteiger partial charge in [-0.2, -0.15) is 0 Å². The summed E-state index contributed by atoms with van der Waals surface area (Å²) in [4.78, 5) is 10.8. The number of aryl methyl sites for hydroxylation is 1. The van der Waals surface area contributed by atoms with Crippen LogP contribution in [0, 0.1) is 12.7 Å². The molecule has 0 bridgehead atoms. The zero-order valence-corrected chi connectivity index (χ0v) is 9.25. The van der Waals surface area contributed by atoms with Crippen molar-refractivity contribution in [1.29, 1.82) is 0 Å². The Labute approximate surface area is 93.9 Å². The Bertz CT molecular complexity index is 562.